The minimum Gasteiger partial charge on any atom is -0.218 e. The molecule has 2 aromatic carbocycles. The third-order valence-electron chi connectivity index (χ3n) is 2.99. The van der Waals surface area contributed by atoms with E-state index in [-0.39, 0.29) is 9.79 Å². The van der Waals surface area contributed by atoms with Crippen molar-refractivity contribution >= 4 is 25.4 Å². The quantitative estimate of drug-likeness (QED) is 0.634. The van der Waals surface area contributed by atoms with Crippen LogP contribution in [0.3, 0.4) is 0 Å². The standard InChI is InChI=1S/C15H15NO4S2/c1-12-3-7-14(8-4-12)21(17,18)11-16-22(19,20)15-9-5-13(2)6-10-15/h3-11H,1-2H3/b16-11+. The second kappa shape index (κ2) is 6.02. The lowest BCUT2D eigenvalue weighted by Crippen LogP contribution is -2.05. The van der Waals surface area contributed by atoms with Gasteiger partial charge in [0, 0.05) is 0 Å². The van der Waals surface area contributed by atoms with Crippen molar-refractivity contribution in [1.29, 1.82) is 0 Å². The van der Waals surface area contributed by atoms with Crippen LogP contribution in [0.5, 0.6) is 0 Å². The minimum absolute atomic E-state index is 0.000885. The molecule has 0 saturated carbocycles. The molecule has 0 spiro atoms. The molecule has 0 atom stereocenters. The van der Waals surface area contributed by atoms with Crippen LogP contribution < -0.4 is 0 Å². The lowest BCUT2D eigenvalue weighted by Gasteiger charge is -2.01. The van der Waals surface area contributed by atoms with E-state index in [4.69, 9.17) is 0 Å². The van der Waals surface area contributed by atoms with Gasteiger partial charge in [0.05, 0.1) is 9.79 Å². The van der Waals surface area contributed by atoms with Gasteiger partial charge in [0.2, 0.25) is 9.84 Å². The predicted molar refractivity (Wildman–Crippen MR) is 85.2 cm³/mol. The lowest BCUT2D eigenvalue weighted by atomic mass is 10.2. The molecular weight excluding hydrogens is 322 g/mol. The van der Waals surface area contributed by atoms with E-state index in [1.54, 1.807) is 24.3 Å². The normalized spacial score (nSPS) is 12.6. The van der Waals surface area contributed by atoms with Gasteiger partial charge in [-0.25, -0.2) is 8.42 Å². The van der Waals surface area contributed by atoms with Gasteiger partial charge in [0.1, 0.15) is 5.55 Å². The van der Waals surface area contributed by atoms with Crippen molar-refractivity contribution in [1.82, 2.24) is 0 Å². The van der Waals surface area contributed by atoms with Crippen LogP contribution in [-0.4, -0.2) is 22.4 Å². The third-order valence-corrected chi connectivity index (χ3v) is 5.69. The van der Waals surface area contributed by atoms with E-state index >= 15 is 0 Å². The molecule has 0 aliphatic carbocycles. The van der Waals surface area contributed by atoms with E-state index in [1.165, 1.54) is 24.3 Å². The van der Waals surface area contributed by atoms with Crippen LogP contribution in [0.25, 0.3) is 0 Å². The Morgan fingerprint density at radius 1 is 0.727 bits per heavy atom. The van der Waals surface area contributed by atoms with E-state index in [0.717, 1.165) is 11.1 Å². The molecule has 0 N–H and O–H groups in total. The zero-order valence-corrected chi connectivity index (χ0v) is 13.7. The number of aryl methyl sites for hydroxylation is 2. The van der Waals surface area contributed by atoms with E-state index < -0.39 is 19.9 Å². The van der Waals surface area contributed by atoms with Crippen LogP contribution in [0.2, 0.25) is 0 Å². The highest BCUT2D eigenvalue weighted by atomic mass is 32.2. The zero-order chi connectivity index (χ0) is 16.4. The molecule has 2 rings (SSSR count). The molecule has 7 heteroatoms. The van der Waals surface area contributed by atoms with E-state index in [9.17, 15) is 16.8 Å². The van der Waals surface area contributed by atoms with Gasteiger partial charge < -0.3 is 0 Å². The maximum absolute atomic E-state index is 12.1. The molecule has 5 nitrogen and oxygen atoms in total. The zero-order valence-electron chi connectivity index (χ0n) is 12.1. The van der Waals surface area contributed by atoms with Crippen LogP contribution >= 0.6 is 0 Å². The average molecular weight is 337 g/mol. The number of sulfone groups is 1. The van der Waals surface area contributed by atoms with Gasteiger partial charge in [-0.2, -0.15) is 12.8 Å². The summed E-state index contributed by atoms with van der Waals surface area (Å²) < 4.78 is 51.4. The Morgan fingerprint density at radius 2 is 1.14 bits per heavy atom. The summed E-state index contributed by atoms with van der Waals surface area (Å²) in [6.45, 7) is 3.65. The van der Waals surface area contributed by atoms with Crippen LogP contribution in [0.15, 0.2) is 62.7 Å². The molecule has 0 aromatic heterocycles. The highest BCUT2D eigenvalue weighted by Crippen LogP contribution is 2.15. The Labute approximate surface area is 130 Å². The van der Waals surface area contributed by atoms with Crippen molar-refractivity contribution in [3.63, 3.8) is 0 Å². The number of rotatable bonds is 4. The van der Waals surface area contributed by atoms with Crippen LogP contribution in [0, 0.1) is 13.8 Å². The molecule has 2 aromatic rings. The average Bonchev–Trinajstić information content (AvgIpc) is 2.46. The van der Waals surface area contributed by atoms with Crippen molar-refractivity contribution in [2.75, 3.05) is 0 Å². The van der Waals surface area contributed by atoms with Gasteiger partial charge in [0.15, 0.2) is 0 Å². The lowest BCUT2D eigenvalue weighted by molar-refractivity contribution is 0.596. The summed E-state index contributed by atoms with van der Waals surface area (Å²) in [6, 6.07) is 12.1. The van der Waals surface area contributed by atoms with E-state index in [2.05, 4.69) is 4.40 Å². The van der Waals surface area contributed by atoms with Crippen molar-refractivity contribution in [2.24, 2.45) is 4.40 Å². The molecule has 0 fully saturated rings. The Morgan fingerprint density at radius 3 is 1.59 bits per heavy atom. The topological polar surface area (TPSA) is 80.6 Å². The van der Waals surface area contributed by atoms with Gasteiger partial charge in [-0.15, -0.1) is 0 Å². The summed E-state index contributed by atoms with van der Waals surface area (Å²) >= 11 is 0. The highest BCUT2D eigenvalue weighted by Gasteiger charge is 2.16. The summed E-state index contributed by atoms with van der Waals surface area (Å²) in [5.74, 6) is 0. The molecule has 0 unspecified atom stereocenters. The number of nitrogens with zero attached hydrogens (tertiary/aromatic N) is 1. The van der Waals surface area contributed by atoms with Gasteiger partial charge in [-0.05, 0) is 38.1 Å². The Bertz CT molecular complexity index is 818. The Balaban J connectivity index is 2.34. The van der Waals surface area contributed by atoms with Gasteiger partial charge in [-0.3, -0.25) is 0 Å². The molecule has 0 bridgehead atoms. The molecule has 0 saturated heterocycles. The molecule has 0 radical (unpaired) electrons. The second-order valence-electron chi connectivity index (χ2n) is 4.86. The molecular formula is C15H15NO4S2. The molecule has 0 aliphatic heterocycles. The molecule has 0 aliphatic rings. The number of hydrogen-bond donors (Lipinski definition) is 0. The highest BCUT2D eigenvalue weighted by molar-refractivity contribution is 8.05. The van der Waals surface area contributed by atoms with Crippen LogP contribution in [0.4, 0.5) is 0 Å². The first-order valence-corrected chi connectivity index (χ1v) is 9.38. The number of hydrogen-bond acceptors (Lipinski definition) is 4. The minimum atomic E-state index is -4.04. The summed E-state index contributed by atoms with van der Waals surface area (Å²) in [6.07, 6.45) is 0. The maximum atomic E-state index is 12.1. The van der Waals surface area contributed by atoms with E-state index in [0.29, 0.717) is 5.55 Å². The van der Waals surface area contributed by atoms with Crippen molar-refractivity contribution in [3.8, 4) is 0 Å². The summed E-state index contributed by atoms with van der Waals surface area (Å²) in [5, 5.41) is 0. The molecule has 22 heavy (non-hydrogen) atoms. The smallest absolute Gasteiger partial charge is 0.218 e. The van der Waals surface area contributed by atoms with E-state index in [1.807, 2.05) is 13.8 Å². The van der Waals surface area contributed by atoms with Gasteiger partial charge in [-0.1, -0.05) is 35.4 Å². The first-order valence-electron chi connectivity index (χ1n) is 6.39. The van der Waals surface area contributed by atoms with Crippen molar-refractivity contribution in [2.45, 2.75) is 23.6 Å². The fraction of sp³-hybridized carbons (Fsp3) is 0.133. The number of benzene rings is 2. The monoisotopic (exact) mass is 337 g/mol. The second-order valence-corrected chi connectivity index (χ2v) is 8.26. The largest absolute Gasteiger partial charge is 0.282 e. The Kier molecular flexibility index (Phi) is 4.48. The number of sulfonamides is 1. The van der Waals surface area contributed by atoms with Crippen molar-refractivity contribution < 1.29 is 16.8 Å². The fourth-order valence-electron chi connectivity index (χ4n) is 1.67. The molecule has 0 amide bonds. The summed E-state index contributed by atoms with van der Waals surface area (Å²) in [5.41, 5.74) is 2.28. The molecule has 116 valence electrons. The fourth-order valence-corrected chi connectivity index (χ4v) is 3.82. The van der Waals surface area contributed by atoms with Gasteiger partial charge in [0.25, 0.3) is 10.0 Å². The van der Waals surface area contributed by atoms with Gasteiger partial charge >= 0.3 is 0 Å². The summed E-state index contributed by atoms with van der Waals surface area (Å²) in [7, 11) is -7.93. The van der Waals surface area contributed by atoms with Crippen molar-refractivity contribution in [3.05, 3.63) is 59.7 Å². The van der Waals surface area contributed by atoms with Crippen LogP contribution in [0.1, 0.15) is 11.1 Å². The SMILES string of the molecule is Cc1ccc(S(=O)(=O)/C=N/S(=O)(=O)c2ccc(C)cc2)cc1. The third kappa shape index (κ3) is 3.80. The molecule has 0 heterocycles. The maximum Gasteiger partial charge on any atom is 0.282 e. The Hall–Kier alpha value is -1.99. The first kappa shape index (κ1) is 16.4. The first-order chi connectivity index (χ1) is 10.2. The van der Waals surface area contributed by atoms with Crippen LogP contribution in [-0.2, 0) is 19.9 Å². The summed E-state index contributed by atoms with van der Waals surface area (Å²) in [4.78, 5) is -0.0468. The predicted octanol–water partition coefficient (Wildman–Crippen LogP) is 2.49.